The summed E-state index contributed by atoms with van der Waals surface area (Å²) in [6.45, 7) is 2.79. The molecule has 0 unspecified atom stereocenters. The molecule has 1 amide bonds. The normalized spacial score (nSPS) is 24.2. The van der Waals surface area contributed by atoms with Crippen molar-refractivity contribution in [3.8, 4) is 0 Å². The van der Waals surface area contributed by atoms with Crippen LogP contribution in [-0.2, 0) is 9.84 Å². The zero-order chi connectivity index (χ0) is 22.3. The zero-order valence-corrected chi connectivity index (χ0v) is 19.7. The maximum Gasteiger partial charge on any atom is 0.254 e. The van der Waals surface area contributed by atoms with Crippen LogP contribution < -0.4 is 10.2 Å². The van der Waals surface area contributed by atoms with Crippen molar-refractivity contribution >= 4 is 55.6 Å². The molecule has 1 N–H and O–H groups in total. The Labute approximate surface area is 196 Å². The van der Waals surface area contributed by atoms with Gasteiger partial charge in [-0.3, -0.25) is 9.79 Å². The van der Waals surface area contributed by atoms with Gasteiger partial charge in [-0.1, -0.05) is 35.5 Å². The number of aliphatic imine (C=N–C) groups is 1. The topological polar surface area (TPSA) is 82.1 Å². The molecule has 0 bridgehead atoms. The van der Waals surface area contributed by atoms with Crippen molar-refractivity contribution in [2.75, 3.05) is 47.9 Å². The number of thioether (sulfide) groups is 1. The van der Waals surface area contributed by atoms with E-state index in [9.17, 15) is 13.2 Å². The summed E-state index contributed by atoms with van der Waals surface area (Å²) in [5.74, 6) is 0.301. The third kappa shape index (κ3) is 4.60. The second-order valence-corrected chi connectivity index (χ2v) is 12.0. The Balaban J connectivity index is 1.21. The third-order valence-electron chi connectivity index (χ3n) is 5.92. The van der Waals surface area contributed by atoms with Gasteiger partial charge < -0.3 is 15.1 Å². The highest BCUT2D eigenvalue weighted by Crippen LogP contribution is 2.34. The number of hydrogen-bond acceptors (Lipinski definition) is 7. The van der Waals surface area contributed by atoms with Crippen LogP contribution in [0.4, 0.5) is 11.4 Å². The molecule has 0 radical (unpaired) electrons. The van der Waals surface area contributed by atoms with Gasteiger partial charge in [-0.2, -0.15) is 0 Å². The second-order valence-electron chi connectivity index (χ2n) is 8.20. The largest absolute Gasteiger partial charge is 0.368 e. The monoisotopic (exact) mass is 490 g/mol. The lowest BCUT2D eigenvalue weighted by Crippen LogP contribution is -2.48. The van der Waals surface area contributed by atoms with Gasteiger partial charge in [0.05, 0.1) is 17.5 Å². The number of carbonyl (C=O) groups excluding carboxylic acids is 1. The highest BCUT2D eigenvalue weighted by molar-refractivity contribution is 8.15. The Morgan fingerprint density at radius 1 is 1.06 bits per heavy atom. The first-order chi connectivity index (χ1) is 15.4. The molecule has 2 aromatic rings. The van der Waals surface area contributed by atoms with Crippen molar-refractivity contribution < 1.29 is 13.2 Å². The van der Waals surface area contributed by atoms with E-state index in [-0.39, 0.29) is 28.7 Å². The fourth-order valence-electron chi connectivity index (χ4n) is 4.29. The summed E-state index contributed by atoms with van der Waals surface area (Å²) in [5.41, 5.74) is 2.48. The Kier molecular flexibility index (Phi) is 5.81. The second kappa shape index (κ2) is 8.61. The number of anilines is 2. The molecule has 2 atom stereocenters. The molecule has 0 saturated carbocycles. The van der Waals surface area contributed by atoms with Crippen molar-refractivity contribution in [2.24, 2.45) is 4.99 Å². The predicted octanol–water partition coefficient (Wildman–Crippen LogP) is 2.98. The van der Waals surface area contributed by atoms with Gasteiger partial charge in [0, 0.05) is 53.4 Å². The van der Waals surface area contributed by atoms with E-state index in [0.717, 1.165) is 29.6 Å². The molecule has 0 spiro atoms. The van der Waals surface area contributed by atoms with Crippen LogP contribution >= 0.6 is 23.4 Å². The first kappa shape index (κ1) is 21.6. The quantitative estimate of drug-likeness (QED) is 0.712. The van der Waals surface area contributed by atoms with E-state index in [1.807, 2.05) is 53.4 Å². The lowest BCUT2D eigenvalue weighted by molar-refractivity contribution is 0.0747. The maximum atomic E-state index is 13.1. The summed E-state index contributed by atoms with van der Waals surface area (Å²) in [4.78, 5) is 21.7. The number of amides is 1. The molecular weight excluding hydrogens is 468 g/mol. The van der Waals surface area contributed by atoms with Gasteiger partial charge in [0.25, 0.3) is 5.91 Å². The van der Waals surface area contributed by atoms with Crippen LogP contribution in [0.1, 0.15) is 10.4 Å². The molecule has 2 saturated heterocycles. The van der Waals surface area contributed by atoms with E-state index in [2.05, 4.69) is 15.2 Å². The summed E-state index contributed by atoms with van der Waals surface area (Å²) in [6.07, 6.45) is 0. The summed E-state index contributed by atoms with van der Waals surface area (Å²) < 4.78 is 23.5. The van der Waals surface area contributed by atoms with E-state index < -0.39 is 9.84 Å². The molecule has 10 heteroatoms. The van der Waals surface area contributed by atoms with Crippen molar-refractivity contribution in [2.45, 2.75) is 11.3 Å². The van der Waals surface area contributed by atoms with Crippen LogP contribution in [0.3, 0.4) is 0 Å². The van der Waals surface area contributed by atoms with Crippen LogP contribution in [0.5, 0.6) is 0 Å². The highest BCUT2D eigenvalue weighted by atomic mass is 35.5. The molecule has 3 aliphatic heterocycles. The van der Waals surface area contributed by atoms with E-state index in [4.69, 9.17) is 11.6 Å². The lowest BCUT2D eigenvalue weighted by Gasteiger charge is -2.36. The number of nitrogens with one attached hydrogen (secondary N) is 1. The number of rotatable bonds is 3. The highest BCUT2D eigenvalue weighted by Gasteiger charge is 2.42. The number of fused-ring (bicyclic) bond motifs is 1. The lowest BCUT2D eigenvalue weighted by atomic mass is 10.1. The average Bonchev–Trinajstić information content (AvgIpc) is 3.26. The minimum absolute atomic E-state index is 0.00312. The van der Waals surface area contributed by atoms with E-state index in [1.165, 1.54) is 11.8 Å². The fourth-order valence-corrected chi connectivity index (χ4v) is 8.15. The molecule has 2 fully saturated rings. The Morgan fingerprint density at radius 3 is 2.59 bits per heavy atom. The molecule has 0 aliphatic carbocycles. The molecule has 3 aliphatic rings. The summed E-state index contributed by atoms with van der Waals surface area (Å²) in [7, 11) is -2.97. The van der Waals surface area contributed by atoms with E-state index in [1.54, 1.807) is 0 Å². The number of sulfone groups is 1. The summed E-state index contributed by atoms with van der Waals surface area (Å²) in [6, 6.07) is 15.0. The number of nitrogens with zero attached hydrogens (tertiary/aromatic N) is 3. The zero-order valence-electron chi connectivity index (χ0n) is 17.3. The number of hydrogen-bond donors (Lipinski definition) is 1. The Morgan fingerprint density at radius 2 is 1.84 bits per heavy atom. The molecule has 32 heavy (non-hydrogen) atoms. The fraction of sp³-hybridized carbons (Fsp3) is 0.364. The Bertz CT molecular complexity index is 1180. The van der Waals surface area contributed by atoms with Gasteiger partial charge in [-0.25, -0.2) is 8.42 Å². The van der Waals surface area contributed by atoms with Crippen LogP contribution in [0.15, 0.2) is 53.5 Å². The van der Waals surface area contributed by atoms with Crippen LogP contribution in [-0.4, -0.2) is 73.4 Å². The minimum Gasteiger partial charge on any atom is -0.368 e. The van der Waals surface area contributed by atoms with Gasteiger partial charge in [0.2, 0.25) is 0 Å². The number of halogens is 1. The predicted molar refractivity (Wildman–Crippen MR) is 131 cm³/mol. The molecule has 5 rings (SSSR count). The first-order valence-electron chi connectivity index (χ1n) is 10.5. The van der Waals surface area contributed by atoms with E-state index in [0.29, 0.717) is 23.7 Å². The molecule has 2 aromatic carbocycles. The number of amidine groups is 1. The van der Waals surface area contributed by atoms with Crippen LogP contribution in [0.2, 0.25) is 5.02 Å². The number of carbonyl (C=O) groups is 1. The summed E-state index contributed by atoms with van der Waals surface area (Å²) in [5, 5.41) is 4.67. The number of benzene rings is 2. The van der Waals surface area contributed by atoms with Gasteiger partial charge in [0.15, 0.2) is 15.0 Å². The van der Waals surface area contributed by atoms with Gasteiger partial charge in [-0.15, -0.1) is 0 Å². The van der Waals surface area contributed by atoms with Gasteiger partial charge >= 0.3 is 0 Å². The smallest absolute Gasteiger partial charge is 0.254 e. The van der Waals surface area contributed by atoms with Crippen LogP contribution in [0, 0.1) is 0 Å². The average molecular weight is 491 g/mol. The molecule has 0 aromatic heterocycles. The molecular formula is C22H23ClN4O3S2. The molecule has 3 heterocycles. The number of piperazine rings is 1. The van der Waals surface area contributed by atoms with Crippen molar-refractivity contribution in [3.63, 3.8) is 0 Å². The Hall–Kier alpha value is -2.23. The van der Waals surface area contributed by atoms with Gasteiger partial charge in [0.1, 0.15) is 0 Å². The maximum absolute atomic E-state index is 13.1. The minimum atomic E-state index is -2.97. The standard InChI is InChI=1S/C22H23ClN4O3S2/c23-16-4-2-6-18(12-16)26-7-9-27(10-8-26)21(28)15-3-1-5-17(11-15)24-22-25-19-13-32(29,30)14-20(19)31-22/h1-6,11-12,19-20H,7-10,13-14H2,(H,24,25)/t19-,20+/m0/s1. The van der Waals surface area contributed by atoms with E-state index >= 15 is 0 Å². The van der Waals surface area contributed by atoms with Crippen molar-refractivity contribution in [1.29, 1.82) is 0 Å². The third-order valence-corrected chi connectivity index (χ3v) is 9.30. The first-order valence-corrected chi connectivity index (χ1v) is 13.6. The van der Waals surface area contributed by atoms with Crippen molar-refractivity contribution in [1.82, 2.24) is 4.90 Å². The van der Waals surface area contributed by atoms with Gasteiger partial charge in [-0.05, 0) is 36.4 Å². The molecule has 168 valence electrons. The SMILES string of the molecule is O=C(c1cccc(NC2=N[C@H]3CS(=O)(=O)C[C@H]3S2)c1)N1CCN(c2cccc(Cl)c2)CC1. The van der Waals surface area contributed by atoms with Crippen LogP contribution in [0.25, 0.3) is 0 Å². The molecule has 7 nitrogen and oxygen atoms in total. The summed E-state index contributed by atoms with van der Waals surface area (Å²) >= 11 is 7.57. The van der Waals surface area contributed by atoms with Crippen molar-refractivity contribution in [3.05, 3.63) is 59.1 Å².